The number of hydrogen-bond acceptors (Lipinski definition) is 4. The van der Waals surface area contributed by atoms with Gasteiger partial charge in [-0.2, -0.15) is 5.26 Å². The maximum absolute atomic E-state index is 9.75. The van der Waals surface area contributed by atoms with Crippen LogP contribution in [0.5, 0.6) is 11.5 Å². The van der Waals surface area contributed by atoms with Gasteiger partial charge in [0, 0.05) is 5.56 Å². The van der Waals surface area contributed by atoms with E-state index >= 15 is 0 Å². The van der Waals surface area contributed by atoms with Crippen LogP contribution in [0.3, 0.4) is 0 Å². The molecule has 0 unspecified atom stereocenters. The lowest BCUT2D eigenvalue weighted by molar-refractivity contribution is 0.285. The SMILES string of the molecule is C=CCc1cc(C=C(C#N)c2nc3ccc(C)cc3[nH]2)cc(OCC)c1OCC. The number of rotatable bonds is 8. The zero-order valence-electron chi connectivity index (χ0n) is 17.1. The van der Waals surface area contributed by atoms with E-state index in [0.717, 1.165) is 33.5 Å². The fourth-order valence-electron chi connectivity index (χ4n) is 3.22. The molecule has 3 aromatic rings. The molecule has 0 fully saturated rings. The second kappa shape index (κ2) is 9.11. The van der Waals surface area contributed by atoms with Gasteiger partial charge in [-0.15, -0.1) is 6.58 Å². The summed E-state index contributed by atoms with van der Waals surface area (Å²) in [5.41, 5.74) is 5.15. The molecule has 2 aromatic carbocycles. The summed E-state index contributed by atoms with van der Waals surface area (Å²) in [7, 11) is 0. The van der Waals surface area contributed by atoms with Crippen molar-refractivity contribution in [3.05, 3.63) is 65.5 Å². The number of imidazole rings is 1. The molecule has 0 bridgehead atoms. The number of hydrogen-bond donors (Lipinski definition) is 1. The molecule has 29 heavy (non-hydrogen) atoms. The van der Waals surface area contributed by atoms with Crippen molar-refractivity contribution in [2.75, 3.05) is 13.2 Å². The van der Waals surface area contributed by atoms with Crippen LogP contribution in [0.25, 0.3) is 22.7 Å². The molecule has 5 heteroatoms. The van der Waals surface area contributed by atoms with Gasteiger partial charge in [0.05, 0.1) is 29.8 Å². The topological polar surface area (TPSA) is 70.9 Å². The number of aromatic nitrogens is 2. The number of H-pyrrole nitrogens is 1. The summed E-state index contributed by atoms with van der Waals surface area (Å²) in [6.07, 6.45) is 4.28. The number of nitrogens with zero attached hydrogens (tertiary/aromatic N) is 2. The average molecular weight is 387 g/mol. The van der Waals surface area contributed by atoms with E-state index in [0.29, 0.717) is 36.8 Å². The lowest BCUT2D eigenvalue weighted by Gasteiger charge is -2.16. The van der Waals surface area contributed by atoms with Gasteiger partial charge in [-0.05, 0) is 68.7 Å². The minimum absolute atomic E-state index is 0.454. The summed E-state index contributed by atoms with van der Waals surface area (Å²) in [5.74, 6) is 1.94. The van der Waals surface area contributed by atoms with E-state index in [2.05, 4.69) is 22.6 Å². The first kappa shape index (κ1) is 20.2. The minimum atomic E-state index is 0.454. The second-order valence-corrected chi connectivity index (χ2v) is 6.64. The Bertz CT molecular complexity index is 1100. The first-order chi connectivity index (χ1) is 14.1. The highest BCUT2D eigenvalue weighted by Crippen LogP contribution is 2.35. The molecule has 0 saturated heterocycles. The summed E-state index contributed by atoms with van der Waals surface area (Å²) >= 11 is 0. The lowest BCUT2D eigenvalue weighted by Crippen LogP contribution is -2.02. The zero-order chi connectivity index (χ0) is 20.8. The number of benzene rings is 2. The molecule has 3 rings (SSSR count). The molecule has 0 aliphatic rings. The normalized spacial score (nSPS) is 11.3. The quantitative estimate of drug-likeness (QED) is 0.411. The summed E-state index contributed by atoms with van der Waals surface area (Å²) < 4.78 is 11.6. The molecule has 0 spiro atoms. The molecule has 0 aliphatic carbocycles. The van der Waals surface area contributed by atoms with E-state index in [9.17, 15) is 5.26 Å². The van der Waals surface area contributed by atoms with E-state index in [-0.39, 0.29) is 0 Å². The first-order valence-corrected chi connectivity index (χ1v) is 9.71. The smallest absolute Gasteiger partial charge is 0.164 e. The average Bonchev–Trinajstić information content (AvgIpc) is 3.12. The number of nitrogens with one attached hydrogen (secondary N) is 1. The van der Waals surface area contributed by atoms with E-state index < -0.39 is 0 Å². The van der Waals surface area contributed by atoms with Gasteiger partial charge in [0.1, 0.15) is 11.9 Å². The van der Waals surface area contributed by atoms with E-state index in [1.165, 1.54) is 0 Å². The van der Waals surface area contributed by atoms with Crippen molar-refractivity contribution >= 4 is 22.7 Å². The largest absolute Gasteiger partial charge is 0.490 e. The van der Waals surface area contributed by atoms with Gasteiger partial charge in [0.2, 0.25) is 0 Å². The van der Waals surface area contributed by atoms with Crippen molar-refractivity contribution in [2.45, 2.75) is 27.2 Å². The van der Waals surface area contributed by atoms with Gasteiger partial charge in [0.25, 0.3) is 0 Å². The van der Waals surface area contributed by atoms with Crippen molar-refractivity contribution in [1.82, 2.24) is 9.97 Å². The van der Waals surface area contributed by atoms with Crippen LogP contribution < -0.4 is 9.47 Å². The molecular weight excluding hydrogens is 362 g/mol. The number of aromatic amines is 1. The van der Waals surface area contributed by atoms with Crippen LogP contribution in [0, 0.1) is 18.3 Å². The monoisotopic (exact) mass is 387 g/mol. The van der Waals surface area contributed by atoms with E-state index in [1.807, 2.05) is 63.3 Å². The highest BCUT2D eigenvalue weighted by Gasteiger charge is 2.14. The summed E-state index contributed by atoms with van der Waals surface area (Å²) in [6.45, 7) is 10.8. The number of nitriles is 1. The van der Waals surface area contributed by atoms with Crippen molar-refractivity contribution in [3.8, 4) is 17.6 Å². The third-order valence-electron chi connectivity index (χ3n) is 4.43. The fraction of sp³-hybridized carbons (Fsp3) is 0.250. The Kier molecular flexibility index (Phi) is 6.36. The molecule has 0 atom stereocenters. The van der Waals surface area contributed by atoms with Crippen LogP contribution >= 0.6 is 0 Å². The maximum Gasteiger partial charge on any atom is 0.164 e. The van der Waals surface area contributed by atoms with Crippen LogP contribution in [0.2, 0.25) is 0 Å². The van der Waals surface area contributed by atoms with Gasteiger partial charge in [0.15, 0.2) is 11.5 Å². The Balaban J connectivity index is 2.09. The van der Waals surface area contributed by atoms with Crippen LogP contribution in [0.1, 0.15) is 36.4 Å². The molecule has 1 aromatic heterocycles. The Morgan fingerprint density at radius 2 is 2.00 bits per heavy atom. The van der Waals surface area contributed by atoms with Gasteiger partial charge >= 0.3 is 0 Å². The summed E-state index contributed by atoms with van der Waals surface area (Å²) in [4.78, 5) is 7.81. The number of ether oxygens (including phenoxy) is 2. The predicted molar refractivity (Wildman–Crippen MR) is 117 cm³/mol. The first-order valence-electron chi connectivity index (χ1n) is 9.71. The Morgan fingerprint density at radius 1 is 1.21 bits per heavy atom. The second-order valence-electron chi connectivity index (χ2n) is 6.64. The van der Waals surface area contributed by atoms with Gasteiger partial charge < -0.3 is 14.5 Å². The number of allylic oxidation sites excluding steroid dienone is 2. The Hall–Kier alpha value is -3.52. The maximum atomic E-state index is 9.75. The molecule has 0 amide bonds. The third-order valence-corrected chi connectivity index (χ3v) is 4.43. The van der Waals surface area contributed by atoms with Gasteiger partial charge in [-0.25, -0.2) is 4.98 Å². The molecular formula is C24H25N3O2. The zero-order valence-corrected chi connectivity index (χ0v) is 17.1. The highest BCUT2D eigenvalue weighted by atomic mass is 16.5. The third kappa shape index (κ3) is 4.49. The summed E-state index contributed by atoms with van der Waals surface area (Å²) in [6, 6.07) is 12.1. The van der Waals surface area contributed by atoms with Crippen LogP contribution in [0.15, 0.2) is 43.0 Å². The van der Waals surface area contributed by atoms with Gasteiger partial charge in [-0.1, -0.05) is 12.1 Å². The van der Waals surface area contributed by atoms with Crippen LogP contribution in [-0.2, 0) is 6.42 Å². The molecule has 1 heterocycles. The summed E-state index contributed by atoms with van der Waals surface area (Å²) in [5, 5.41) is 9.75. The molecule has 1 N–H and O–H groups in total. The highest BCUT2D eigenvalue weighted by molar-refractivity contribution is 5.90. The van der Waals surface area contributed by atoms with E-state index in [4.69, 9.17) is 9.47 Å². The molecule has 0 radical (unpaired) electrons. The van der Waals surface area contributed by atoms with E-state index in [1.54, 1.807) is 0 Å². The predicted octanol–water partition coefficient (Wildman–Crippen LogP) is 5.46. The minimum Gasteiger partial charge on any atom is -0.490 e. The standard InChI is InChI=1S/C24H25N3O2/c1-5-8-18-12-17(14-22(28-6-2)23(18)29-7-3)13-19(15-25)24-26-20-10-9-16(4)11-21(20)27-24/h5,9-14H,1,6-8H2,2-4H3,(H,26,27). The fourth-order valence-corrected chi connectivity index (χ4v) is 3.22. The Labute approximate surface area is 171 Å². The molecule has 0 saturated carbocycles. The molecule has 0 aliphatic heterocycles. The van der Waals surface area contributed by atoms with Crippen LogP contribution in [-0.4, -0.2) is 23.2 Å². The number of fused-ring (bicyclic) bond motifs is 1. The Morgan fingerprint density at radius 3 is 2.69 bits per heavy atom. The van der Waals surface area contributed by atoms with Crippen LogP contribution in [0.4, 0.5) is 0 Å². The van der Waals surface area contributed by atoms with Crippen molar-refractivity contribution in [3.63, 3.8) is 0 Å². The molecule has 5 nitrogen and oxygen atoms in total. The van der Waals surface area contributed by atoms with Crippen molar-refractivity contribution in [1.29, 1.82) is 5.26 Å². The van der Waals surface area contributed by atoms with Crippen molar-refractivity contribution < 1.29 is 9.47 Å². The molecule has 148 valence electrons. The number of aryl methyl sites for hydroxylation is 1. The van der Waals surface area contributed by atoms with Gasteiger partial charge in [-0.3, -0.25) is 0 Å². The van der Waals surface area contributed by atoms with Crippen molar-refractivity contribution in [2.24, 2.45) is 0 Å². The lowest BCUT2D eigenvalue weighted by atomic mass is 10.0.